The van der Waals surface area contributed by atoms with Gasteiger partial charge < -0.3 is 9.32 Å². The van der Waals surface area contributed by atoms with Crippen molar-refractivity contribution in [3.8, 4) is 0 Å². The first-order valence-corrected chi connectivity index (χ1v) is 12.1. The Morgan fingerprint density at radius 3 is 2.56 bits per heavy atom. The smallest absolute Gasteiger partial charge is 0.255 e. The molecule has 0 spiro atoms. The lowest BCUT2D eigenvalue weighted by Crippen LogP contribution is -2.52. The van der Waals surface area contributed by atoms with Crippen LogP contribution in [0.4, 0.5) is 4.39 Å². The highest BCUT2D eigenvalue weighted by Gasteiger charge is 2.40. The van der Waals surface area contributed by atoms with Crippen LogP contribution >= 0.6 is 0 Å². The lowest BCUT2D eigenvalue weighted by Gasteiger charge is -2.32. The van der Waals surface area contributed by atoms with Gasteiger partial charge in [0.15, 0.2) is 0 Å². The molecule has 34 heavy (non-hydrogen) atoms. The lowest BCUT2D eigenvalue weighted by molar-refractivity contribution is -0.136. The van der Waals surface area contributed by atoms with Crippen LogP contribution in [0, 0.1) is 5.82 Å². The maximum absolute atomic E-state index is 15.1. The zero-order valence-corrected chi connectivity index (χ0v) is 19.6. The molecular weight excluding hydrogens is 437 g/mol. The molecule has 2 fully saturated rings. The summed E-state index contributed by atoms with van der Waals surface area (Å²) in [6, 6.07) is 4.57. The van der Waals surface area contributed by atoms with Gasteiger partial charge in [0.25, 0.3) is 5.91 Å². The van der Waals surface area contributed by atoms with E-state index in [-0.39, 0.29) is 36.5 Å². The second-order valence-corrected chi connectivity index (χ2v) is 9.98. The quantitative estimate of drug-likeness (QED) is 0.679. The van der Waals surface area contributed by atoms with Crippen LogP contribution in [0.3, 0.4) is 0 Å². The van der Waals surface area contributed by atoms with Crippen molar-refractivity contribution >= 4 is 17.7 Å². The molecule has 7 nitrogen and oxygen atoms in total. The Morgan fingerprint density at radius 2 is 1.88 bits per heavy atom. The lowest BCUT2D eigenvalue weighted by atomic mass is 9.87. The Balaban J connectivity index is 1.25. The van der Waals surface area contributed by atoms with Crippen LogP contribution < -0.4 is 5.32 Å². The highest BCUT2D eigenvalue weighted by Crippen LogP contribution is 2.35. The number of carbonyl (C=O) groups is 3. The topological polar surface area (TPSA) is 82.9 Å². The van der Waals surface area contributed by atoms with Crippen molar-refractivity contribution in [3.05, 3.63) is 58.3 Å². The number of hydrogen-bond donors (Lipinski definition) is 1. The van der Waals surface area contributed by atoms with Gasteiger partial charge in [-0.15, -0.1) is 0 Å². The molecule has 1 aromatic heterocycles. The highest BCUT2D eigenvalue weighted by atomic mass is 19.1. The van der Waals surface area contributed by atoms with Crippen LogP contribution in [0.15, 0.2) is 28.9 Å². The zero-order chi connectivity index (χ0) is 24.0. The molecule has 0 aliphatic carbocycles. The first-order valence-electron chi connectivity index (χ1n) is 12.1. The number of imide groups is 1. The van der Waals surface area contributed by atoms with E-state index in [9.17, 15) is 14.4 Å². The fraction of sp³-hybridized carbons (Fsp3) is 0.500. The normalized spacial score (nSPS) is 21.9. The number of nitrogens with one attached hydrogen (secondary N) is 1. The van der Waals surface area contributed by atoms with Crippen LogP contribution in [-0.4, -0.2) is 46.7 Å². The zero-order valence-electron chi connectivity index (χ0n) is 19.6. The largest absolute Gasteiger partial charge is 0.468 e. The maximum atomic E-state index is 15.1. The average Bonchev–Trinajstić information content (AvgIpc) is 3.39. The van der Waals surface area contributed by atoms with Crippen LogP contribution in [-0.2, 0) is 22.7 Å². The summed E-state index contributed by atoms with van der Waals surface area (Å²) in [4.78, 5) is 40.4. The standard InChI is InChI=1S/C26H30FN3O4/c1-15(2)18-9-19(34-14-18)13-29-7-5-16(6-8-29)20-10-17-12-30(26(33)21(17)11-22(20)27)23-3-4-24(31)28-25(23)32/h9-11,14-16,23H,3-8,12-13H2,1-2H3,(H,28,31,32). The number of rotatable bonds is 5. The van der Waals surface area contributed by atoms with Gasteiger partial charge in [0, 0.05) is 18.5 Å². The van der Waals surface area contributed by atoms with E-state index in [4.69, 9.17) is 4.42 Å². The number of piperidine rings is 2. The minimum absolute atomic E-state index is 0.0872. The summed E-state index contributed by atoms with van der Waals surface area (Å²) in [5, 5.41) is 2.30. The molecule has 2 aromatic rings. The Labute approximate surface area is 198 Å². The van der Waals surface area contributed by atoms with Crippen molar-refractivity contribution < 1.29 is 23.2 Å². The second-order valence-electron chi connectivity index (χ2n) is 9.98. The van der Waals surface area contributed by atoms with E-state index in [0.29, 0.717) is 23.5 Å². The molecule has 1 unspecified atom stereocenters. The Kier molecular flexibility index (Phi) is 6.02. The number of furan rings is 1. The molecule has 0 radical (unpaired) electrons. The van der Waals surface area contributed by atoms with Crippen molar-refractivity contribution in [2.45, 2.75) is 70.5 Å². The maximum Gasteiger partial charge on any atom is 0.255 e. The van der Waals surface area contributed by atoms with Gasteiger partial charge in [-0.2, -0.15) is 0 Å². The van der Waals surface area contributed by atoms with Gasteiger partial charge in [-0.1, -0.05) is 19.9 Å². The third kappa shape index (κ3) is 4.27. The Morgan fingerprint density at radius 1 is 1.12 bits per heavy atom. The highest BCUT2D eigenvalue weighted by molar-refractivity contribution is 6.05. The predicted molar refractivity (Wildman–Crippen MR) is 122 cm³/mol. The Hall–Kier alpha value is -3.00. The van der Waals surface area contributed by atoms with Gasteiger partial charge in [0.1, 0.15) is 17.6 Å². The summed E-state index contributed by atoms with van der Waals surface area (Å²) in [5.41, 5.74) is 2.93. The monoisotopic (exact) mass is 467 g/mol. The Bertz CT molecular complexity index is 1130. The molecule has 180 valence electrons. The number of fused-ring (bicyclic) bond motifs is 1. The van der Waals surface area contributed by atoms with E-state index in [1.165, 1.54) is 16.5 Å². The number of likely N-dealkylation sites (tertiary alicyclic amines) is 1. The number of halogens is 1. The summed E-state index contributed by atoms with van der Waals surface area (Å²) >= 11 is 0. The van der Waals surface area contributed by atoms with Crippen LogP contribution in [0.5, 0.6) is 0 Å². The summed E-state index contributed by atoms with van der Waals surface area (Å²) in [6.07, 6.45) is 3.99. The van der Waals surface area contributed by atoms with E-state index in [2.05, 4.69) is 30.1 Å². The molecule has 5 rings (SSSR count). The summed E-state index contributed by atoms with van der Waals surface area (Å²) in [7, 11) is 0. The molecule has 1 atom stereocenters. The molecule has 0 saturated carbocycles. The molecule has 3 aliphatic heterocycles. The van der Waals surface area contributed by atoms with Crippen LogP contribution in [0.25, 0.3) is 0 Å². The molecule has 0 bridgehead atoms. The first kappa shape index (κ1) is 22.8. The minimum atomic E-state index is -0.690. The fourth-order valence-corrected chi connectivity index (χ4v) is 5.33. The number of carbonyl (C=O) groups excluding carboxylic acids is 3. The number of benzene rings is 1. The van der Waals surface area contributed by atoms with Crippen LogP contribution in [0.2, 0.25) is 0 Å². The van der Waals surface area contributed by atoms with Crippen molar-refractivity contribution in [1.29, 1.82) is 0 Å². The summed E-state index contributed by atoms with van der Waals surface area (Å²) in [6.45, 7) is 7.00. The number of hydrogen-bond acceptors (Lipinski definition) is 5. The predicted octanol–water partition coefficient (Wildman–Crippen LogP) is 3.68. The van der Waals surface area contributed by atoms with Gasteiger partial charge in [0.05, 0.1) is 12.8 Å². The molecular formula is C26H30FN3O4. The average molecular weight is 468 g/mol. The molecule has 3 amide bonds. The minimum Gasteiger partial charge on any atom is -0.468 e. The number of nitrogens with zero attached hydrogens (tertiary/aromatic N) is 2. The van der Waals surface area contributed by atoms with Gasteiger partial charge >= 0.3 is 0 Å². The summed E-state index contributed by atoms with van der Waals surface area (Å²) in [5.74, 6) is -0.00170. The van der Waals surface area contributed by atoms with Crippen molar-refractivity contribution in [2.24, 2.45) is 0 Å². The summed E-state index contributed by atoms with van der Waals surface area (Å²) < 4.78 is 20.8. The van der Waals surface area contributed by atoms with E-state index < -0.39 is 11.9 Å². The second kappa shape index (κ2) is 8.98. The third-order valence-electron chi connectivity index (χ3n) is 7.39. The van der Waals surface area contributed by atoms with Crippen LogP contribution in [0.1, 0.15) is 84.2 Å². The molecule has 8 heteroatoms. The van der Waals surface area contributed by atoms with Gasteiger partial charge in [0.2, 0.25) is 11.8 Å². The molecule has 3 aliphatic rings. The van der Waals surface area contributed by atoms with Gasteiger partial charge in [-0.05, 0) is 73.0 Å². The van der Waals surface area contributed by atoms with E-state index in [1.54, 1.807) is 0 Å². The fourth-order valence-electron chi connectivity index (χ4n) is 5.33. The van der Waals surface area contributed by atoms with Gasteiger partial charge in [-0.25, -0.2) is 4.39 Å². The molecule has 2 saturated heterocycles. The van der Waals surface area contributed by atoms with E-state index >= 15 is 4.39 Å². The van der Waals surface area contributed by atoms with Crippen molar-refractivity contribution in [1.82, 2.24) is 15.1 Å². The molecule has 1 N–H and O–H groups in total. The van der Waals surface area contributed by atoms with Gasteiger partial charge in [-0.3, -0.25) is 24.6 Å². The first-order chi connectivity index (χ1) is 16.3. The van der Waals surface area contributed by atoms with E-state index in [1.807, 2.05) is 12.3 Å². The molecule has 1 aromatic carbocycles. The third-order valence-corrected chi connectivity index (χ3v) is 7.39. The van der Waals surface area contributed by atoms with E-state index in [0.717, 1.165) is 43.8 Å². The van der Waals surface area contributed by atoms with Crippen molar-refractivity contribution in [2.75, 3.05) is 13.1 Å². The molecule has 4 heterocycles. The SMILES string of the molecule is CC(C)c1coc(CN2CCC(c3cc4c(cc3F)C(=O)N(C3CCC(=O)NC3=O)C4)CC2)c1. The number of amides is 3. The van der Waals surface area contributed by atoms with Crippen molar-refractivity contribution in [3.63, 3.8) is 0 Å².